The zero-order valence-electron chi connectivity index (χ0n) is 20.2. The van der Waals surface area contributed by atoms with Gasteiger partial charge in [0.1, 0.15) is 21.9 Å². The minimum absolute atomic E-state index is 0.0815. The molecule has 35 heavy (non-hydrogen) atoms. The summed E-state index contributed by atoms with van der Waals surface area (Å²) in [4.78, 5) is 18.6. The fourth-order valence-electron chi connectivity index (χ4n) is 3.64. The molecule has 0 aliphatic carbocycles. The number of aromatic amines is 1. The van der Waals surface area contributed by atoms with Crippen molar-refractivity contribution in [3.8, 4) is 17.1 Å². The van der Waals surface area contributed by atoms with E-state index in [1.54, 1.807) is 16.7 Å². The molecule has 10 heteroatoms. The average Bonchev–Trinajstić information content (AvgIpc) is 3.18. The Bertz CT molecular complexity index is 1460. The van der Waals surface area contributed by atoms with Gasteiger partial charge in [-0.3, -0.25) is 9.36 Å². The number of nitrogens with zero attached hydrogens (tertiary/aromatic N) is 3. The summed E-state index contributed by atoms with van der Waals surface area (Å²) >= 11 is 12.0. The Labute approximate surface area is 218 Å². The number of hydrogen-bond donors (Lipinski definition) is 1. The van der Waals surface area contributed by atoms with Crippen molar-refractivity contribution >= 4 is 46.1 Å². The summed E-state index contributed by atoms with van der Waals surface area (Å²) in [6.45, 7) is 12.5. The predicted octanol–water partition coefficient (Wildman–Crippen LogP) is 6.52. The monoisotopic (exact) mass is 532 g/mol. The fraction of sp³-hybridized carbons (Fsp3) is 0.320. The topological polar surface area (TPSA) is 55.2 Å². The van der Waals surface area contributed by atoms with Gasteiger partial charge in [-0.2, -0.15) is 0 Å². The predicted molar refractivity (Wildman–Crippen MR) is 147 cm³/mol. The Morgan fingerprint density at radius 2 is 1.54 bits per heavy atom. The summed E-state index contributed by atoms with van der Waals surface area (Å²) in [6.07, 6.45) is 0. The first-order chi connectivity index (χ1) is 16.9. The quantitative estimate of drug-likeness (QED) is 0.275. The number of para-hydroxylation sites is 3. The van der Waals surface area contributed by atoms with E-state index in [2.05, 4.69) is 30.7 Å². The maximum atomic E-state index is 14.3. The van der Waals surface area contributed by atoms with Crippen molar-refractivity contribution < 1.29 is 9.13 Å². The summed E-state index contributed by atoms with van der Waals surface area (Å²) in [7, 11) is 0. The fourth-order valence-corrected chi connectivity index (χ4v) is 5.23. The van der Waals surface area contributed by atoms with Crippen LogP contribution < -0.4 is 10.3 Å². The van der Waals surface area contributed by atoms with Gasteiger partial charge in [0.2, 0.25) is 0 Å². The van der Waals surface area contributed by atoms with Gasteiger partial charge in [0.05, 0.1) is 18.0 Å². The number of benzene rings is 2. The van der Waals surface area contributed by atoms with Gasteiger partial charge < -0.3 is 14.6 Å². The van der Waals surface area contributed by atoms with Gasteiger partial charge in [0.25, 0.3) is 5.56 Å². The second-order valence-corrected chi connectivity index (χ2v) is 9.45. The molecule has 6 nitrogen and oxygen atoms in total. The highest BCUT2D eigenvalue weighted by atomic mass is 32.1. The normalized spacial score (nSPS) is 10.9. The molecule has 2 heterocycles. The number of ether oxygens (including phenoxy) is 1. The smallest absolute Gasteiger partial charge is 0.278 e. The average molecular weight is 533 g/mol. The molecule has 0 unspecified atom stereocenters. The lowest BCUT2D eigenvalue weighted by molar-refractivity contribution is 0.321. The van der Waals surface area contributed by atoms with E-state index in [0.717, 1.165) is 15.9 Å². The van der Waals surface area contributed by atoms with Gasteiger partial charge >= 0.3 is 0 Å². The highest BCUT2D eigenvalue weighted by Crippen LogP contribution is 2.29. The van der Waals surface area contributed by atoms with Crippen molar-refractivity contribution in [1.82, 2.24) is 19.0 Å². The second kappa shape index (κ2) is 12.3. The summed E-state index contributed by atoms with van der Waals surface area (Å²) in [5, 5.41) is 0. The van der Waals surface area contributed by atoms with E-state index in [4.69, 9.17) is 29.2 Å². The molecule has 1 N–H and O–H groups in total. The molecule has 2 aromatic heterocycles. The third kappa shape index (κ3) is 5.78. The molecule has 0 aliphatic heterocycles. The van der Waals surface area contributed by atoms with Crippen molar-refractivity contribution in [2.24, 2.45) is 0 Å². The highest BCUT2D eigenvalue weighted by Gasteiger charge is 2.18. The SMILES string of the molecule is CCN(CC)CC.CCOc1ccccc1-n1c(=S)sc2c(=O)n(-c3ccccc3F)c(=S)[nH]c21. The van der Waals surface area contributed by atoms with Crippen molar-refractivity contribution in [3.63, 3.8) is 0 Å². The third-order valence-corrected chi connectivity index (χ3v) is 7.12. The Morgan fingerprint density at radius 3 is 2.11 bits per heavy atom. The lowest BCUT2D eigenvalue weighted by Gasteiger charge is -2.13. The van der Waals surface area contributed by atoms with E-state index >= 15 is 0 Å². The largest absolute Gasteiger partial charge is 0.492 e. The molecule has 0 fully saturated rings. The Morgan fingerprint density at radius 1 is 0.943 bits per heavy atom. The first-order valence-corrected chi connectivity index (χ1v) is 13.1. The van der Waals surface area contributed by atoms with Crippen molar-refractivity contribution in [3.05, 3.63) is 73.4 Å². The zero-order valence-corrected chi connectivity index (χ0v) is 22.7. The van der Waals surface area contributed by atoms with Crippen LogP contribution in [-0.4, -0.2) is 45.3 Å². The number of H-pyrrole nitrogens is 1. The summed E-state index contributed by atoms with van der Waals surface area (Å²) < 4.78 is 23.7. The Balaban J connectivity index is 0.000000429. The summed E-state index contributed by atoms with van der Waals surface area (Å²) in [6, 6.07) is 13.4. The van der Waals surface area contributed by atoms with E-state index < -0.39 is 11.4 Å². The van der Waals surface area contributed by atoms with Crippen LogP contribution in [0.4, 0.5) is 4.39 Å². The van der Waals surface area contributed by atoms with Crippen molar-refractivity contribution in [2.75, 3.05) is 26.2 Å². The van der Waals surface area contributed by atoms with Gasteiger partial charge in [-0.05, 0) is 75.3 Å². The van der Waals surface area contributed by atoms with Crippen LogP contribution in [0.2, 0.25) is 0 Å². The molecule has 0 radical (unpaired) electrons. The molecule has 0 bridgehead atoms. The van der Waals surface area contributed by atoms with Crippen LogP contribution in [-0.2, 0) is 0 Å². The van der Waals surface area contributed by atoms with Crippen molar-refractivity contribution in [2.45, 2.75) is 27.7 Å². The molecule has 0 atom stereocenters. The summed E-state index contributed by atoms with van der Waals surface area (Å²) in [5.41, 5.74) is 0.836. The molecule has 4 aromatic rings. The lowest BCUT2D eigenvalue weighted by Crippen LogP contribution is -2.21. The van der Waals surface area contributed by atoms with Gasteiger partial charge in [0.15, 0.2) is 8.73 Å². The highest BCUT2D eigenvalue weighted by molar-refractivity contribution is 7.73. The van der Waals surface area contributed by atoms with Crippen LogP contribution in [0.1, 0.15) is 27.7 Å². The molecule has 4 rings (SSSR count). The molecule has 0 spiro atoms. The maximum Gasteiger partial charge on any atom is 0.278 e. The standard InChI is InChI=1S/C19H14FN3O2S3.C6H15N/c1-2-25-14-10-6-5-9-13(14)22-16-15(28-19(22)27)17(24)23(18(26)21-16)12-8-4-3-7-11(12)20;1-4-7(5-2)6-3/h3-10H,2H2,1H3,(H,21,26);4-6H2,1-3H3. The van der Waals surface area contributed by atoms with E-state index in [1.807, 2.05) is 31.2 Å². The number of fused-ring (bicyclic) bond motifs is 1. The number of rotatable bonds is 7. The molecule has 0 aliphatic rings. The maximum absolute atomic E-state index is 14.3. The number of nitrogens with one attached hydrogen (secondary N) is 1. The van der Waals surface area contributed by atoms with Crippen LogP contribution >= 0.6 is 35.8 Å². The van der Waals surface area contributed by atoms with E-state index in [0.29, 0.717) is 32.3 Å². The minimum atomic E-state index is -0.534. The molecule has 186 valence electrons. The van der Waals surface area contributed by atoms with E-state index in [9.17, 15) is 9.18 Å². The molecule has 0 saturated carbocycles. The van der Waals surface area contributed by atoms with Crippen LogP contribution in [0, 0.1) is 14.5 Å². The number of aromatic nitrogens is 3. The zero-order chi connectivity index (χ0) is 25.5. The lowest BCUT2D eigenvalue weighted by atomic mass is 10.3. The number of halogens is 1. The Hall–Kier alpha value is -2.66. The number of thiazole rings is 1. The number of hydrogen-bond acceptors (Lipinski definition) is 6. The first kappa shape index (κ1) is 26.9. The van der Waals surface area contributed by atoms with Gasteiger partial charge in [-0.15, -0.1) is 0 Å². The molecular formula is C25H29FN4O2S3. The minimum Gasteiger partial charge on any atom is -0.492 e. The van der Waals surface area contributed by atoms with Gasteiger partial charge in [-0.1, -0.05) is 56.4 Å². The Kier molecular flexibility index (Phi) is 9.50. The van der Waals surface area contributed by atoms with Crippen LogP contribution in [0.5, 0.6) is 5.75 Å². The van der Waals surface area contributed by atoms with Gasteiger partial charge in [0, 0.05) is 0 Å². The second-order valence-electron chi connectivity index (χ2n) is 7.42. The molecule has 2 aromatic carbocycles. The third-order valence-electron chi connectivity index (χ3n) is 5.48. The molecule has 0 amide bonds. The van der Waals surface area contributed by atoms with Crippen LogP contribution in [0.15, 0.2) is 53.3 Å². The summed E-state index contributed by atoms with van der Waals surface area (Å²) in [5.74, 6) is 0.103. The van der Waals surface area contributed by atoms with Crippen molar-refractivity contribution in [1.29, 1.82) is 0 Å². The van der Waals surface area contributed by atoms with E-state index in [-0.39, 0.29) is 10.5 Å². The van der Waals surface area contributed by atoms with E-state index in [1.165, 1.54) is 31.8 Å². The molecule has 0 saturated heterocycles. The van der Waals surface area contributed by atoms with Crippen LogP contribution in [0.3, 0.4) is 0 Å². The first-order valence-electron chi connectivity index (χ1n) is 11.5. The molecular weight excluding hydrogens is 504 g/mol. The van der Waals surface area contributed by atoms with Gasteiger partial charge in [-0.25, -0.2) is 8.96 Å². The van der Waals surface area contributed by atoms with Crippen LogP contribution in [0.25, 0.3) is 21.7 Å².